The molecule has 0 radical (unpaired) electrons. The lowest BCUT2D eigenvalue weighted by atomic mass is 10.1. The Morgan fingerprint density at radius 1 is 1.56 bits per heavy atom. The highest BCUT2D eigenvalue weighted by atomic mass is 16.5. The monoisotopic (exact) mass is 221 g/mol. The first-order valence-corrected chi connectivity index (χ1v) is 4.94. The van der Waals surface area contributed by atoms with Gasteiger partial charge in [0.05, 0.1) is 13.0 Å². The van der Waals surface area contributed by atoms with Gasteiger partial charge in [0.25, 0.3) is 0 Å². The molecule has 0 saturated carbocycles. The third-order valence-electron chi connectivity index (χ3n) is 2.17. The van der Waals surface area contributed by atoms with Crippen molar-refractivity contribution in [2.75, 3.05) is 6.61 Å². The largest absolute Gasteiger partial charge is 0.504 e. The Kier molecular flexibility index (Phi) is 2.76. The Bertz CT molecular complexity index is 518. The van der Waals surface area contributed by atoms with Crippen LogP contribution in [0, 0.1) is 0 Å². The van der Waals surface area contributed by atoms with Gasteiger partial charge in [-0.25, -0.2) is 0 Å². The highest BCUT2D eigenvalue weighted by Gasteiger charge is 2.14. The summed E-state index contributed by atoms with van der Waals surface area (Å²) in [6.07, 6.45) is 0.0459. The molecule has 1 aromatic carbocycles. The van der Waals surface area contributed by atoms with E-state index in [9.17, 15) is 9.90 Å². The van der Waals surface area contributed by atoms with Gasteiger partial charge in [0.2, 0.25) is 5.58 Å². The minimum Gasteiger partial charge on any atom is -0.504 e. The Hall–Kier alpha value is -2.04. The van der Waals surface area contributed by atoms with E-state index in [0.29, 0.717) is 23.3 Å². The molecule has 1 aromatic heterocycles. The average Bonchev–Trinajstić information content (AvgIpc) is 2.64. The summed E-state index contributed by atoms with van der Waals surface area (Å²) in [7, 11) is 0. The number of para-hydroxylation sites is 1. The zero-order valence-electron chi connectivity index (χ0n) is 8.77. The van der Waals surface area contributed by atoms with Gasteiger partial charge < -0.3 is 14.4 Å². The topological polar surface area (TPSA) is 72.6 Å². The van der Waals surface area contributed by atoms with Crippen LogP contribution in [0.2, 0.25) is 0 Å². The van der Waals surface area contributed by atoms with Gasteiger partial charge >= 0.3 is 5.97 Å². The molecule has 0 spiro atoms. The van der Waals surface area contributed by atoms with Crippen LogP contribution in [-0.2, 0) is 16.0 Å². The molecular formula is C11H11NO4. The number of hydrogen-bond acceptors (Lipinski definition) is 5. The Morgan fingerprint density at radius 3 is 3.12 bits per heavy atom. The number of carbonyl (C=O) groups excluding carboxylic acids is 1. The van der Waals surface area contributed by atoms with E-state index in [1.54, 1.807) is 19.1 Å². The minimum absolute atomic E-state index is 0.0140. The quantitative estimate of drug-likeness (QED) is 0.797. The van der Waals surface area contributed by atoms with Crippen molar-refractivity contribution in [3.63, 3.8) is 0 Å². The van der Waals surface area contributed by atoms with Crippen LogP contribution in [0.5, 0.6) is 5.75 Å². The molecule has 2 rings (SSSR count). The summed E-state index contributed by atoms with van der Waals surface area (Å²) in [5.41, 5.74) is 0.770. The lowest BCUT2D eigenvalue weighted by molar-refractivity contribution is -0.142. The highest BCUT2D eigenvalue weighted by Crippen LogP contribution is 2.26. The van der Waals surface area contributed by atoms with Gasteiger partial charge in [0.1, 0.15) is 5.69 Å². The first kappa shape index (κ1) is 10.5. The molecule has 1 heterocycles. The smallest absolute Gasteiger partial charge is 0.312 e. The van der Waals surface area contributed by atoms with Crippen molar-refractivity contribution in [2.24, 2.45) is 0 Å². The highest BCUT2D eigenvalue weighted by molar-refractivity contribution is 5.87. The fourth-order valence-corrected chi connectivity index (χ4v) is 1.47. The van der Waals surface area contributed by atoms with Crippen LogP contribution < -0.4 is 0 Å². The normalized spacial score (nSPS) is 10.6. The van der Waals surface area contributed by atoms with Crippen molar-refractivity contribution < 1.29 is 19.2 Å². The molecule has 1 N–H and O–H groups in total. The summed E-state index contributed by atoms with van der Waals surface area (Å²) in [5.74, 6) is -0.346. The summed E-state index contributed by atoms with van der Waals surface area (Å²) in [5, 5.41) is 13.8. The van der Waals surface area contributed by atoms with Crippen LogP contribution in [0.25, 0.3) is 11.0 Å². The van der Waals surface area contributed by atoms with Crippen LogP contribution in [-0.4, -0.2) is 22.8 Å². The number of hydrogen-bond donors (Lipinski definition) is 1. The molecule has 0 unspecified atom stereocenters. The maximum Gasteiger partial charge on any atom is 0.312 e. The minimum atomic E-state index is -0.360. The van der Waals surface area contributed by atoms with E-state index in [1.807, 2.05) is 0 Å². The van der Waals surface area contributed by atoms with Gasteiger partial charge in [0, 0.05) is 5.39 Å². The number of aromatic nitrogens is 1. The third-order valence-corrected chi connectivity index (χ3v) is 2.17. The number of benzene rings is 1. The molecule has 0 aliphatic rings. The summed E-state index contributed by atoms with van der Waals surface area (Å²) in [6, 6.07) is 4.91. The van der Waals surface area contributed by atoms with E-state index < -0.39 is 0 Å². The van der Waals surface area contributed by atoms with E-state index in [2.05, 4.69) is 5.16 Å². The average molecular weight is 221 g/mol. The molecule has 84 valence electrons. The van der Waals surface area contributed by atoms with Crippen molar-refractivity contribution in [3.05, 3.63) is 23.9 Å². The number of aromatic hydroxyl groups is 1. The molecule has 0 bridgehead atoms. The standard InChI is InChI=1S/C11H11NO4/c1-2-15-10(14)6-8-7-4-3-5-9(13)11(7)16-12-8/h3-5,13H,2,6H2,1H3. The predicted molar refractivity (Wildman–Crippen MR) is 56.0 cm³/mol. The first-order valence-electron chi connectivity index (χ1n) is 4.94. The molecule has 0 amide bonds. The van der Waals surface area contributed by atoms with Gasteiger partial charge in [0.15, 0.2) is 5.75 Å². The Morgan fingerprint density at radius 2 is 2.38 bits per heavy atom. The number of ether oxygens (including phenoxy) is 1. The van der Waals surface area contributed by atoms with E-state index in [4.69, 9.17) is 9.26 Å². The maximum atomic E-state index is 11.3. The number of rotatable bonds is 3. The lowest BCUT2D eigenvalue weighted by Gasteiger charge is -1.98. The van der Waals surface area contributed by atoms with Gasteiger partial charge in [-0.1, -0.05) is 11.2 Å². The molecule has 0 aliphatic heterocycles. The van der Waals surface area contributed by atoms with Crippen molar-refractivity contribution in [1.29, 1.82) is 0 Å². The molecule has 0 fully saturated rings. The van der Waals surface area contributed by atoms with Gasteiger partial charge in [-0.3, -0.25) is 4.79 Å². The fourth-order valence-electron chi connectivity index (χ4n) is 1.47. The van der Waals surface area contributed by atoms with E-state index in [0.717, 1.165) is 0 Å². The number of phenols is 1. The number of carbonyl (C=O) groups is 1. The molecule has 5 heteroatoms. The van der Waals surface area contributed by atoms with Crippen molar-refractivity contribution in [2.45, 2.75) is 13.3 Å². The second-order valence-corrected chi connectivity index (χ2v) is 3.26. The Labute approximate surface area is 91.6 Å². The van der Waals surface area contributed by atoms with Crippen LogP contribution in [0.4, 0.5) is 0 Å². The zero-order valence-corrected chi connectivity index (χ0v) is 8.77. The SMILES string of the molecule is CCOC(=O)Cc1noc2c(O)cccc12. The summed E-state index contributed by atoms with van der Waals surface area (Å²) in [6.45, 7) is 2.07. The van der Waals surface area contributed by atoms with Gasteiger partial charge in [-0.05, 0) is 19.1 Å². The first-order chi connectivity index (χ1) is 7.72. The molecule has 5 nitrogen and oxygen atoms in total. The van der Waals surface area contributed by atoms with Crippen molar-refractivity contribution in [3.8, 4) is 5.75 Å². The molecular weight excluding hydrogens is 210 g/mol. The van der Waals surface area contributed by atoms with E-state index in [1.165, 1.54) is 6.07 Å². The van der Waals surface area contributed by atoms with Gasteiger partial charge in [-0.2, -0.15) is 0 Å². The van der Waals surface area contributed by atoms with Crippen LogP contribution in [0.15, 0.2) is 22.7 Å². The molecule has 0 atom stereocenters. The summed E-state index contributed by atoms with van der Waals surface area (Å²) in [4.78, 5) is 11.3. The van der Waals surface area contributed by atoms with E-state index >= 15 is 0 Å². The van der Waals surface area contributed by atoms with E-state index in [-0.39, 0.29) is 18.1 Å². The fraction of sp³-hybridized carbons (Fsp3) is 0.273. The molecule has 0 saturated heterocycles. The van der Waals surface area contributed by atoms with Crippen LogP contribution in [0.1, 0.15) is 12.6 Å². The second-order valence-electron chi connectivity index (χ2n) is 3.26. The van der Waals surface area contributed by atoms with Crippen molar-refractivity contribution >= 4 is 16.9 Å². The second kappa shape index (κ2) is 4.22. The number of nitrogens with zero attached hydrogens (tertiary/aromatic N) is 1. The van der Waals surface area contributed by atoms with Crippen molar-refractivity contribution in [1.82, 2.24) is 5.16 Å². The molecule has 2 aromatic rings. The number of phenolic OH excluding ortho intramolecular Hbond substituents is 1. The third kappa shape index (κ3) is 1.84. The zero-order chi connectivity index (χ0) is 11.5. The van der Waals surface area contributed by atoms with Crippen LogP contribution >= 0.6 is 0 Å². The van der Waals surface area contributed by atoms with Crippen LogP contribution in [0.3, 0.4) is 0 Å². The Balaban J connectivity index is 2.32. The summed E-state index contributed by atoms with van der Waals surface area (Å²) < 4.78 is 9.76. The maximum absolute atomic E-state index is 11.3. The number of esters is 1. The molecule has 16 heavy (non-hydrogen) atoms. The molecule has 0 aliphatic carbocycles. The van der Waals surface area contributed by atoms with Gasteiger partial charge in [-0.15, -0.1) is 0 Å². The number of fused-ring (bicyclic) bond motifs is 1. The summed E-state index contributed by atoms with van der Waals surface area (Å²) >= 11 is 0. The predicted octanol–water partition coefficient (Wildman–Crippen LogP) is 1.64. The lowest BCUT2D eigenvalue weighted by Crippen LogP contribution is -2.07.